The average Bonchev–Trinajstić information content (AvgIpc) is 2.96. The second-order valence-electron chi connectivity index (χ2n) is 8.29. The van der Waals surface area contributed by atoms with Crippen molar-refractivity contribution in [3.63, 3.8) is 0 Å². The van der Waals surface area contributed by atoms with E-state index in [2.05, 4.69) is 22.5 Å². The molecule has 1 aliphatic carbocycles. The van der Waals surface area contributed by atoms with Gasteiger partial charge in [-0.2, -0.15) is 0 Å². The second kappa shape index (κ2) is 9.94. The molecule has 1 aromatic rings. The first kappa shape index (κ1) is 23.0. The Morgan fingerprint density at radius 1 is 1.14 bits per heavy atom. The Kier molecular flexibility index (Phi) is 7.88. The van der Waals surface area contributed by atoms with Gasteiger partial charge >= 0.3 is 5.97 Å². The van der Waals surface area contributed by atoms with Crippen molar-refractivity contribution < 1.29 is 19.1 Å². The molecule has 0 aliphatic heterocycles. The fourth-order valence-electron chi connectivity index (χ4n) is 3.95. The number of aromatic amines is 1. The van der Waals surface area contributed by atoms with Gasteiger partial charge in [-0.25, -0.2) is 4.79 Å². The Labute approximate surface area is 173 Å². The predicted octanol–water partition coefficient (Wildman–Crippen LogP) is 3.55. The molecule has 0 unspecified atom stereocenters. The molecule has 7 nitrogen and oxygen atoms in total. The summed E-state index contributed by atoms with van der Waals surface area (Å²) >= 11 is 0. The van der Waals surface area contributed by atoms with Gasteiger partial charge in [-0.05, 0) is 52.5 Å². The Morgan fingerprint density at radius 2 is 1.79 bits per heavy atom. The third-order valence-corrected chi connectivity index (χ3v) is 5.52. The number of H-pyrrole nitrogens is 1. The van der Waals surface area contributed by atoms with Crippen molar-refractivity contribution in [2.24, 2.45) is 0 Å². The smallest absolute Gasteiger partial charge is 0.340 e. The van der Waals surface area contributed by atoms with E-state index < -0.39 is 11.5 Å². The Balaban J connectivity index is 2.23. The number of unbranched alkanes of at least 4 members (excludes halogenated alkanes) is 1. The van der Waals surface area contributed by atoms with Crippen LogP contribution in [0.1, 0.15) is 97.8 Å². The van der Waals surface area contributed by atoms with E-state index >= 15 is 0 Å². The van der Waals surface area contributed by atoms with Crippen molar-refractivity contribution in [2.75, 3.05) is 6.54 Å². The summed E-state index contributed by atoms with van der Waals surface area (Å²) in [5.41, 5.74) is 0.928. The maximum absolute atomic E-state index is 13.1. The minimum Gasteiger partial charge on any atom is -0.459 e. The summed E-state index contributed by atoms with van der Waals surface area (Å²) < 4.78 is 5.30. The van der Waals surface area contributed by atoms with Gasteiger partial charge in [0.1, 0.15) is 11.2 Å². The van der Waals surface area contributed by atoms with Gasteiger partial charge in [0, 0.05) is 12.2 Å². The maximum atomic E-state index is 13.1. The molecule has 0 aromatic carbocycles. The molecule has 1 saturated carbocycles. The first-order valence-corrected chi connectivity index (χ1v) is 10.7. The molecule has 0 atom stereocenters. The van der Waals surface area contributed by atoms with Gasteiger partial charge in [-0.3, -0.25) is 9.59 Å². The van der Waals surface area contributed by atoms with Crippen LogP contribution >= 0.6 is 0 Å². The molecule has 0 radical (unpaired) electrons. The summed E-state index contributed by atoms with van der Waals surface area (Å²) in [7, 11) is 0. The van der Waals surface area contributed by atoms with E-state index in [1.165, 1.54) is 0 Å². The zero-order valence-electron chi connectivity index (χ0n) is 18.4. The molecule has 2 amide bonds. The third-order valence-electron chi connectivity index (χ3n) is 5.52. The van der Waals surface area contributed by atoms with E-state index in [-0.39, 0.29) is 17.9 Å². The highest BCUT2D eigenvalue weighted by Gasteiger charge is 2.41. The molecule has 1 fully saturated rings. The van der Waals surface area contributed by atoms with Gasteiger partial charge in [0.25, 0.3) is 5.91 Å². The van der Waals surface area contributed by atoms with E-state index in [4.69, 9.17) is 4.74 Å². The van der Waals surface area contributed by atoms with Gasteiger partial charge in [-0.15, -0.1) is 0 Å². The van der Waals surface area contributed by atoms with Crippen molar-refractivity contribution in [3.05, 3.63) is 22.5 Å². The lowest BCUT2D eigenvalue weighted by molar-refractivity contribution is -0.128. The quantitative estimate of drug-likeness (QED) is 0.455. The van der Waals surface area contributed by atoms with Gasteiger partial charge in [0.2, 0.25) is 5.91 Å². The van der Waals surface area contributed by atoms with E-state index in [1.807, 2.05) is 0 Å². The summed E-state index contributed by atoms with van der Waals surface area (Å²) in [5, 5.41) is 5.99. The van der Waals surface area contributed by atoms with Crippen LogP contribution < -0.4 is 10.6 Å². The van der Waals surface area contributed by atoms with Crippen LogP contribution in [0, 0.1) is 13.8 Å². The number of ether oxygens (including phenoxy) is 1. The van der Waals surface area contributed by atoms with Crippen molar-refractivity contribution in [3.8, 4) is 0 Å². The third kappa shape index (κ3) is 5.40. The number of amides is 2. The van der Waals surface area contributed by atoms with Crippen LogP contribution in [0.2, 0.25) is 0 Å². The molecule has 2 rings (SSSR count). The number of hydrogen-bond donors (Lipinski definition) is 3. The lowest BCUT2D eigenvalue weighted by Crippen LogP contribution is -2.60. The van der Waals surface area contributed by atoms with E-state index in [1.54, 1.807) is 27.7 Å². The van der Waals surface area contributed by atoms with Crippen LogP contribution in [0.5, 0.6) is 0 Å². The minimum atomic E-state index is -0.896. The molecule has 7 heteroatoms. The van der Waals surface area contributed by atoms with Crippen molar-refractivity contribution in [1.82, 2.24) is 15.6 Å². The summed E-state index contributed by atoms with van der Waals surface area (Å²) in [5.74, 6) is -0.920. The summed E-state index contributed by atoms with van der Waals surface area (Å²) in [4.78, 5) is 41.5. The molecule has 1 heterocycles. The van der Waals surface area contributed by atoms with Crippen LogP contribution in [-0.4, -0.2) is 41.0 Å². The van der Waals surface area contributed by atoms with Crippen LogP contribution in [0.4, 0.5) is 0 Å². The van der Waals surface area contributed by atoms with Crippen molar-refractivity contribution in [2.45, 2.75) is 91.2 Å². The number of rotatable bonds is 8. The topological polar surface area (TPSA) is 100 Å². The van der Waals surface area contributed by atoms with Gasteiger partial charge in [0.05, 0.1) is 11.7 Å². The Bertz CT molecular complexity index is 745. The van der Waals surface area contributed by atoms with Crippen LogP contribution in [0.25, 0.3) is 0 Å². The monoisotopic (exact) mass is 405 g/mol. The molecule has 1 aromatic heterocycles. The minimum absolute atomic E-state index is 0.112. The van der Waals surface area contributed by atoms with Crippen LogP contribution in [0.15, 0.2) is 0 Å². The zero-order chi connectivity index (χ0) is 21.6. The number of esters is 1. The molecule has 1 aliphatic rings. The normalized spacial score (nSPS) is 15.8. The van der Waals surface area contributed by atoms with Crippen molar-refractivity contribution in [1.29, 1.82) is 0 Å². The lowest BCUT2D eigenvalue weighted by atomic mass is 9.80. The second-order valence-corrected chi connectivity index (χ2v) is 8.29. The standard InChI is InChI=1S/C22H35N3O4/c1-6-7-13-23-21(28)22(11-9-8-10-12-22)25-19(26)18-15(4)17(16(5)24-18)20(27)29-14(2)3/h14,24H,6-13H2,1-5H3,(H,23,28)(H,25,26). The van der Waals surface area contributed by atoms with E-state index in [0.29, 0.717) is 41.9 Å². The SMILES string of the molecule is CCCCNC(=O)C1(NC(=O)c2[nH]c(C)c(C(=O)OC(C)C)c2C)CCCCC1. The molecular weight excluding hydrogens is 370 g/mol. The molecule has 162 valence electrons. The maximum Gasteiger partial charge on any atom is 0.340 e. The molecule has 0 saturated heterocycles. The fourth-order valence-corrected chi connectivity index (χ4v) is 3.95. The number of aromatic nitrogens is 1. The molecule has 0 bridgehead atoms. The van der Waals surface area contributed by atoms with E-state index in [9.17, 15) is 14.4 Å². The molecule has 3 N–H and O–H groups in total. The average molecular weight is 406 g/mol. The zero-order valence-corrected chi connectivity index (χ0v) is 18.4. The summed E-state index contributed by atoms with van der Waals surface area (Å²) in [6.45, 7) is 9.72. The first-order valence-electron chi connectivity index (χ1n) is 10.7. The molecule has 0 spiro atoms. The summed E-state index contributed by atoms with van der Waals surface area (Å²) in [6.07, 6.45) is 5.76. The summed E-state index contributed by atoms with van der Waals surface area (Å²) in [6, 6.07) is 0. The number of hydrogen-bond acceptors (Lipinski definition) is 4. The van der Waals surface area contributed by atoms with Gasteiger partial charge in [-0.1, -0.05) is 32.6 Å². The van der Waals surface area contributed by atoms with Gasteiger partial charge < -0.3 is 20.4 Å². The molecule has 29 heavy (non-hydrogen) atoms. The van der Waals surface area contributed by atoms with Crippen LogP contribution in [0.3, 0.4) is 0 Å². The number of nitrogens with one attached hydrogen (secondary N) is 3. The predicted molar refractivity (Wildman–Crippen MR) is 112 cm³/mol. The number of carbonyl (C=O) groups is 3. The highest BCUT2D eigenvalue weighted by Crippen LogP contribution is 2.29. The van der Waals surface area contributed by atoms with Gasteiger partial charge in [0.15, 0.2) is 0 Å². The highest BCUT2D eigenvalue weighted by molar-refractivity contribution is 6.03. The van der Waals surface area contributed by atoms with Crippen LogP contribution in [-0.2, 0) is 9.53 Å². The number of carbonyl (C=O) groups excluding carboxylic acids is 3. The van der Waals surface area contributed by atoms with E-state index in [0.717, 1.165) is 32.1 Å². The lowest BCUT2D eigenvalue weighted by Gasteiger charge is -2.36. The fraction of sp³-hybridized carbons (Fsp3) is 0.682. The first-order chi connectivity index (χ1) is 13.7. The number of aryl methyl sites for hydroxylation is 1. The Morgan fingerprint density at radius 3 is 2.38 bits per heavy atom. The van der Waals surface area contributed by atoms with Crippen molar-refractivity contribution >= 4 is 17.8 Å². The highest BCUT2D eigenvalue weighted by atomic mass is 16.5. The largest absolute Gasteiger partial charge is 0.459 e. The molecular formula is C22H35N3O4. The Hall–Kier alpha value is -2.31.